The van der Waals surface area contributed by atoms with Crippen LogP contribution in [0.1, 0.15) is 23.6 Å². The van der Waals surface area contributed by atoms with E-state index in [4.69, 9.17) is 24.5 Å². The highest BCUT2D eigenvalue weighted by Crippen LogP contribution is 2.28. The van der Waals surface area contributed by atoms with Gasteiger partial charge >= 0.3 is 11.9 Å². The largest absolute Gasteiger partial charge is 0.493 e. The van der Waals surface area contributed by atoms with Crippen molar-refractivity contribution in [2.45, 2.75) is 19.4 Å². The van der Waals surface area contributed by atoms with Gasteiger partial charge < -0.3 is 20.3 Å². The number of aliphatic carboxylic acids is 2. The fourth-order valence-corrected chi connectivity index (χ4v) is 3.00. The molecule has 3 N–H and O–H groups in total. The Balaban J connectivity index is 0.000000438. The Morgan fingerprint density at radius 3 is 2.07 bits per heavy atom. The summed E-state index contributed by atoms with van der Waals surface area (Å²) < 4.78 is 6.09. The van der Waals surface area contributed by atoms with Gasteiger partial charge in [0, 0.05) is 17.8 Å². The summed E-state index contributed by atoms with van der Waals surface area (Å²) in [5.41, 5.74) is 2.58. The molecule has 29 heavy (non-hydrogen) atoms. The number of hydrogen-bond acceptors (Lipinski definition) is 4. The third-order valence-electron chi connectivity index (χ3n) is 4.50. The second-order valence-corrected chi connectivity index (χ2v) is 6.43. The van der Waals surface area contributed by atoms with Gasteiger partial charge in [0.15, 0.2) is 0 Å². The topological polar surface area (TPSA) is 95.9 Å². The normalized spacial score (nSPS) is 11.2. The number of carboxylic acid groups (broad SMARTS) is 2. The van der Waals surface area contributed by atoms with Gasteiger partial charge in [0.2, 0.25) is 0 Å². The molecule has 0 saturated heterocycles. The van der Waals surface area contributed by atoms with Gasteiger partial charge in [0.05, 0.1) is 6.61 Å². The van der Waals surface area contributed by atoms with E-state index in [-0.39, 0.29) is 0 Å². The number of ether oxygens (including phenoxy) is 1. The average molecular weight is 395 g/mol. The van der Waals surface area contributed by atoms with E-state index in [0.29, 0.717) is 12.6 Å². The van der Waals surface area contributed by atoms with Crippen LogP contribution >= 0.6 is 0 Å². The molecular weight excluding hydrogens is 370 g/mol. The van der Waals surface area contributed by atoms with Crippen molar-refractivity contribution in [2.24, 2.45) is 0 Å². The number of carboxylic acids is 2. The van der Waals surface area contributed by atoms with Gasteiger partial charge in [-0.2, -0.15) is 0 Å². The zero-order chi connectivity index (χ0) is 21.2. The molecule has 0 heterocycles. The van der Waals surface area contributed by atoms with Crippen molar-refractivity contribution in [3.8, 4) is 5.75 Å². The zero-order valence-corrected chi connectivity index (χ0v) is 16.5. The number of rotatable bonds is 6. The predicted molar refractivity (Wildman–Crippen MR) is 112 cm³/mol. The molecule has 3 rings (SSSR count). The fourth-order valence-electron chi connectivity index (χ4n) is 3.00. The van der Waals surface area contributed by atoms with Crippen molar-refractivity contribution < 1.29 is 24.5 Å². The first-order chi connectivity index (χ1) is 13.9. The Morgan fingerprint density at radius 1 is 0.897 bits per heavy atom. The lowest BCUT2D eigenvalue weighted by Crippen LogP contribution is -2.19. The summed E-state index contributed by atoms with van der Waals surface area (Å²) in [5, 5.41) is 20.6. The molecule has 0 aliphatic carbocycles. The van der Waals surface area contributed by atoms with Gasteiger partial charge in [-0.05, 0) is 36.6 Å². The summed E-state index contributed by atoms with van der Waals surface area (Å²) in [6.45, 7) is 2.83. The monoisotopic (exact) mass is 395 g/mol. The van der Waals surface area contributed by atoms with Crippen LogP contribution in [0, 0.1) is 6.92 Å². The summed E-state index contributed by atoms with van der Waals surface area (Å²) in [4.78, 5) is 18.2. The molecule has 0 radical (unpaired) electrons. The van der Waals surface area contributed by atoms with Crippen molar-refractivity contribution >= 4 is 22.7 Å². The molecule has 0 bridgehead atoms. The molecule has 0 spiro atoms. The van der Waals surface area contributed by atoms with E-state index in [1.807, 2.05) is 13.1 Å². The zero-order valence-electron chi connectivity index (χ0n) is 16.5. The minimum atomic E-state index is -1.82. The number of fused-ring (bicyclic) bond motifs is 1. The summed E-state index contributed by atoms with van der Waals surface area (Å²) in [7, 11) is 2.00. The highest BCUT2D eigenvalue weighted by atomic mass is 16.5. The van der Waals surface area contributed by atoms with Crippen LogP contribution in [0.15, 0.2) is 66.7 Å². The Morgan fingerprint density at radius 2 is 1.48 bits per heavy atom. The predicted octanol–water partition coefficient (Wildman–Crippen LogP) is 4.03. The summed E-state index contributed by atoms with van der Waals surface area (Å²) in [6, 6.07) is 23.5. The van der Waals surface area contributed by atoms with Crippen molar-refractivity contribution in [1.82, 2.24) is 5.32 Å². The SMILES string of the molecule is CNC(CCOc1ccc(C)c2ccccc12)c1ccccc1.O=C(O)C(=O)O. The third kappa shape index (κ3) is 6.33. The highest BCUT2D eigenvalue weighted by Gasteiger charge is 2.10. The maximum Gasteiger partial charge on any atom is 0.414 e. The molecule has 0 fully saturated rings. The number of benzene rings is 3. The van der Waals surface area contributed by atoms with Crippen LogP contribution in [0.25, 0.3) is 10.8 Å². The maximum absolute atomic E-state index is 9.10. The van der Waals surface area contributed by atoms with Crippen molar-refractivity contribution in [3.63, 3.8) is 0 Å². The van der Waals surface area contributed by atoms with Crippen LogP contribution in [-0.4, -0.2) is 35.8 Å². The average Bonchev–Trinajstić information content (AvgIpc) is 2.74. The first-order valence-electron chi connectivity index (χ1n) is 9.23. The van der Waals surface area contributed by atoms with Gasteiger partial charge in [0.1, 0.15) is 5.75 Å². The number of hydrogen-bond donors (Lipinski definition) is 3. The Hall–Kier alpha value is -3.38. The van der Waals surface area contributed by atoms with Crippen molar-refractivity contribution in [2.75, 3.05) is 13.7 Å². The van der Waals surface area contributed by atoms with Crippen LogP contribution in [0.5, 0.6) is 5.75 Å². The standard InChI is InChI=1S/C21H23NO.C2H2O4/c1-16-12-13-21(19-11-7-6-10-18(16)19)23-15-14-20(22-2)17-8-4-3-5-9-17;3-1(4)2(5)6/h3-13,20,22H,14-15H2,1-2H3;(H,3,4)(H,5,6). The number of carbonyl (C=O) groups is 2. The van der Waals surface area contributed by atoms with Crippen LogP contribution in [-0.2, 0) is 9.59 Å². The second-order valence-electron chi connectivity index (χ2n) is 6.43. The van der Waals surface area contributed by atoms with Gasteiger partial charge in [0.25, 0.3) is 0 Å². The number of nitrogens with one attached hydrogen (secondary N) is 1. The molecule has 1 unspecified atom stereocenters. The molecule has 152 valence electrons. The first kappa shape index (κ1) is 21.9. The van der Waals surface area contributed by atoms with Crippen LogP contribution in [0.3, 0.4) is 0 Å². The van der Waals surface area contributed by atoms with E-state index < -0.39 is 11.9 Å². The molecule has 6 heteroatoms. The molecule has 0 amide bonds. The lowest BCUT2D eigenvalue weighted by molar-refractivity contribution is -0.159. The molecular formula is C23H25NO5. The quantitative estimate of drug-likeness (QED) is 0.545. The lowest BCUT2D eigenvalue weighted by atomic mass is 10.0. The van der Waals surface area contributed by atoms with E-state index >= 15 is 0 Å². The van der Waals surface area contributed by atoms with Gasteiger partial charge in [-0.1, -0.05) is 60.7 Å². The molecule has 6 nitrogen and oxygen atoms in total. The van der Waals surface area contributed by atoms with E-state index in [0.717, 1.165) is 12.2 Å². The first-order valence-corrected chi connectivity index (χ1v) is 9.23. The Labute approximate surface area is 169 Å². The van der Waals surface area contributed by atoms with Crippen molar-refractivity contribution in [1.29, 1.82) is 0 Å². The van der Waals surface area contributed by atoms with E-state index in [9.17, 15) is 0 Å². The van der Waals surface area contributed by atoms with Gasteiger partial charge in [-0.3, -0.25) is 0 Å². The minimum Gasteiger partial charge on any atom is -0.493 e. The smallest absolute Gasteiger partial charge is 0.414 e. The fraction of sp³-hybridized carbons (Fsp3) is 0.217. The van der Waals surface area contributed by atoms with Crippen LogP contribution in [0.4, 0.5) is 0 Å². The maximum atomic E-state index is 9.10. The third-order valence-corrected chi connectivity index (χ3v) is 4.50. The van der Waals surface area contributed by atoms with Gasteiger partial charge in [-0.15, -0.1) is 0 Å². The number of aryl methyl sites for hydroxylation is 1. The Bertz CT molecular complexity index is 944. The van der Waals surface area contributed by atoms with E-state index in [1.165, 1.54) is 21.9 Å². The van der Waals surface area contributed by atoms with E-state index in [1.54, 1.807) is 0 Å². The highest BCUT2D eigenvalue weighted by molar-refractivity contribution is 6.27. The van der Waals surface area contributed by atoms with Crippen LogP contribution in [0.2, 0.25) is 0 Å². The summed E-state index contributed by atoms with van der Waals surface area (Å²) in [6.07, 6.45) is 0.933. The molecule has 0 aromatic heterocycles. The second kappa shape index (κ2) is 10.8. The summed E-state index contributed by atoms with van der Waals surface area (Å²) >= 11 is 0. The summed E-state index contributed by atoms with van der Waals surface area (Å²) in [5.74, 6) is -2.68. The molecule has 1 atom stereocenters. The van der Waals surface area contributed by atoms with E-state index in [2.05, 4.69) is 72.9 Å². The van der Waals surface area contributed by atoms with Gasteiger partial charge in [-0.25, -0.2) is 9.59 Å². The lowest BCUT2D eigenvalue weighted by Gasteiger charge is -2.17. The van der Waals surface area contributed by atoms with Crippen molar-refractivity contribution in [3.05, 3.63) is 77.9 Å². The molecule has 3 aromatic rings. The Kier molecular flexibility index (Phi) is 8.18. The molecule has 3 aromatic carbocycles. The van der Waals surface area contributed by atoms with Crippen LogP contribution < -0.4 is 10.1 Å². The molecule has 0 aliphatic rings. The molecule has 0 saturated carbocycles. The minimum absolute atomic E-state index is 0.313. The molecule has 0 aliphatic heterocycles.